The second-order valence-corrected chi connectivity index (χ2v) is 15.2. The minimum absolute atomic E-state index is 0.0311. The number of fused-ring (bicyclic) bond motifs is 1. The summed E-state index contributed by atoms with van der Waals surface area (Å²) >= 11 is 0. The van der Waals surface area contributed by atoms with Crippen molar-refractivity contribution in [3.8, 4) is 0 Å². The van der Waals surface area contributed by atoms with Crippen molar-refractivity contribution in [3.05, 3.63) is 76.4 Å². The molecular weight excluding hydrogens is 464 g/mol. The van der Waals surface area contributed by atoms with Gasteiger partial charge < -0.3 is 0 Å². The Bertz CT molecular complexity index is 1290. The smallest absolute Gasteiger partial charge is 0.155 e. The molecular formula is C31H40N2O2S. The molecule has 0 bridgehead atoms. The summed E-state index contributed by atoms with van der Waals surface area (Å²) in [6.45, 7) is 14.2. The van der Waals surface area contributed by atoms with Crippen LogP contribution in [0.2, 0.25) is 0 Å². The Morgan fingerprint density at radius 2 is 1.44 bits per heavy atom. The van der Waals surface area contributed by atoms with E-state index in [1.165, 1.54) is 29.5 Å². The van der Waals surface area contributed by atoms with Gasteiger partial charge in [-0.2, -0.15) is 5.10 Å². The third-order valence-corrected chi connectivity index (χ3v) is 9.42. The maximum absolute atomic E-state index is 13.2. The first-order valence-corrected chi connectivity index (χ1v) is 15.1. The molecule has 2 heterocycles. The van der Waals surface area contributed by atoms with E-state index in [-0.39, 0.29) is 34.3 Å². The Morgan fingerprint density at radius 1 is 0.889 bits per heavy atom. The van der Waals surface area contributed by atoms with Gasteiger partial charge in [-0.15, -0.1) is 0 Å². The molecule has 0 spiro atoms. The molecule has 2 atom stereocenters. The van der Waals surface area contributed by atoms with Crippen LogP contribution in [0.15, 0.2) is 59.2 Å². The topological polar surface area (TPSA) is 49.7 Å². The first-order chi connectivity index (χ1) is 16.8. The number of hydrogen-bond acceptors (Lipinski definition) is 4. The lowest BCUT2D eigenvalue weighted by Gasteiger charge is -2.31. The molecule has 5 heteroatoms. The van der Waals surface area contributed by atoms with Crippen LogP contribution in [0.5, 0.6) is 0 Å². The highest BCUT2D eigenvalue weighted by atomic mass is 32.2. The van der Waals surface area contributed by atoms with Crippen LogP contribution in [0.1, 0.15) is 82.7 Å². The standard InChI is InChI=1S/C31H40N2O2S/c1-30(2,3)25-13-9-21(10-14-25)17-24-19-36(34,35)20-27-28(24)32-33(18-22-7-8-22)29(27)23-11-15-26(16-12-23)31(4,5)6/h9-17,22,27,29H,7-8,18-20H2,1-6H3/b24-17+. The first kappa shape index (κ1) is 25.3. The molecule has 2 aromatic rings. The summed E-state index contributed by atoms with van der Waals surface area (Å²) in [5.41, 5.74) is 6.73. The van der Waals surface area contributed by atoms with E-state index in [9.17, 15) is 8.42 Å². The Hall–Kier alpha value is -2.40. The third kappa shape index (κ3) is 5.32. The van der Waals surface area contributed by atoms with Crippen molar-refractivity contribution in [1.29, 1.82) is 0 Å². The molecule has 0 aromatic heterocycles. The molecule has 36 heavy (non-hydrogen) atoms. The van der Waals surface area contributed by atoms with Crippen molar-refractivity contribution in [1.82, 2.24) is 5.01 Å². The highest BCUT2D eigenvalue weighted by Gasteiger charge is 2.46. The van der Waals surface area contributed by atoms with Crippen molar-refractivity contribution in [2.75, 3.05) is 18.1 Å². The number of hydrazone groups is 1. The molecule has 0 amide bonds. The van der Waals surface area contributed by atoms with E-state index >= 15 is 0 Å². The molecule has 3 aliphatic rings. The number of hydrogen-bond donors (Lipinski definition) is 0. The number of benzene rings is 2. The highest BCUT2D eigenvalue weighted by molar-refractivity contribution is 7.91. The van der Waals surface area contributed by atoms with Gasteiger partial charge in [-0.3, -0.25) is 5.01 Å². The van der Waals surface area contributed by atoms with E-state index < -0.39 is 9.84 Å². The minimum atomic E-state index is -3.22. The van der Waals surface area contributed by atoms with E-state index in [2.05, 4.69) is 101 Å². The first-order valence-electron chi connectivity index (χ1n) is 13.3. The van der Waals surface area contributed by atoms with Gasteiger partial charge in [0.15, 0.2) is 9.84 Å². The number of sulfone groups is 1. The van der Waals surface area contributed by atoms with Gasteiger partial charge >= 0.3 is 0 Å². The van der Waals surface area contributed by atoms with Crippen LogP contribution < -0.4 is 0 Å². The van der Waals surface area contributed by atoms with Crippen molar-refractivity contribution in [3.63, 3.8) is 0 Å². The summed E-state index contributed by atoms with van der Waals surface area (Å²) < 4.78 is 26.3. The van der Waals surface area contributed by atoms with E-state index in [1.807, 2.05) is 0 Å². The van der Waals surface area contributed by atoms with Crippen molar-refractivity contribution >= 4 is 21.6 Å². The monoisotopic (exact) mass is 504 g/mol. The number of rotatable bonds is 4. The average molecular weight is 505 g/mol. The van der Waals surface area contributed by atoms with E-state index in [1.54, 1.807) is 0 Å². The van der Waals surface area contributed by atoms with Crippen LogP contribution in [-0.4, -0.2) is 37.2 Å². The second kappa shape index (κ2) is 8.86. The lowest BCUT2D eigenvalue weighted by Crippen LogP contribution is -2.37. The van der Waals surface area contributed by atoms with Gasteiger partial charge in [-0.25, -0.2) is 8.42 Å². The fraction of sp³-hybridized carbons (Fsp3) is 0.516. The molecule has 0 radical (unpaired) electrons. The summed E-state index contributed by atoms with van der Waals surface area (Å²) in [4.78, 5) is 0. The van der Waals surface area contributed by atoms with E-state index in [4.69, 9.17) is 5.10 Å². The van der Waals surface area contributed by atoms with Crippen LogP contribution in [0, 0.1) is 11.8 Å². The molecule has 1 aliphatic carbocycles. The minimum Gasteiger partial charge on any atom is -0.288 e. The highest BCUT2D eigenvalue weighted by Crippen LogP contribution is 2.44. The van der Waals surface area contributed by atoms with Crippen LogP contribution in [0.4, 0.5) is 0 Å². The van der Waals surface area contributed by atoms with Gasteiger partial charge in [-0.1, -0.05) is 90.1 Å². The predicted octanol–water partition coefficient (Wildman–Crippen LogP) is 6.53. The molecule has 2 unspecified atom stereocenters. The van der Waals surface area contributed by atoms with Crippen LogP contribution in [0.3, 0.4) is 0 Å². The Labute approximate surface area is 217 Å². The van der Waals surface area contributed by atoms with Crippen molar-refractivity contribution in [2.45, 2.75) is 71.3 Å². The lowest BCUT2D eigenvalue weighted by atomic mass is 9.83. The SMILES string of the molecule is CC(C)(C)c1ccc(/C=C2\CS(=O)(=O)CC3C2=NN(CC2CC2)C3c2ccc(C(C)(C)C)cc2)cc1. The van der Waals surface area contributed by atoms with Crippen molar-refractivity contribution in [2.24, 2.45) is 16.9 Å². The van der Waals surface area contributed by atoms with Crippen LogP contribution in [0.25, 0.3) is 6.08 Å². The third-order valence-electron chi connectivity index (χ3n) is 7.81. The van der Waals surface area contributed by atoms with E-state index in [0.717, 1.165) is 23.4 Å². The largest absolute Gasteiger partial charge is 0.288 e. The molecule has 2 fully saturated rings. The van der Waals surface area contributed by atoms with Gasteiger partial charge in [0.1, 0.15) is 0 Å². The maximum atomic E-state index is 13.2. The summed E-state index contributed by atoms with van der Waals surface area (Å²) in [5, 5.41) is 7.35. The number of nitrogens with zero attached hydrogens (tertiary/aromatic N) is 2. The lowest BCUT2D eigenvalue weighted by molar-refractivity contribution is 0.200. The fourth-order valence-corrected chi connectivity index (χ4v) is 7.16. The Morgan fingerprint density at radius 3 is 1.97 bits per heavy atom. The fourth-order valence-electron chi connectivity index (χ4n) is 5.45. The maximum Gasteiger partial charge on any atom is 0.155 e. The zero-order valence-electron chi connectivity index (χ0n) is 22.6. The molecule has 0 N–H and O–H groups in total. The molecule has 5 rings (SSSR count). The van der Waals surface area contributed by atoms with Crippen LogP contribution in [-0.2, 0) is 20.7 Å². The molecule has 192 valence electrons. The zero-order valence-corrected chi connectivity index (χ0v) is 23.4. The summed E-state index contributed by atoms with van der Waals surface area (Å²) in [6.07, 6.45) is 4.53. The summed E-state index contributed by atoms with van der Waals surface area (Å²) in [7, 11) is -3.22. The van der Waals surface area contributed by atoms with Gasteiger partial charge in [0, 0.05) is 12.5 Å². The molecule has 4 nitrogen and oxygen atoms in total. The second-order valence-electron chi connectivity index (χ2n) is 13.1. The van der Waals surface area contributed by atoms with Gasteiger partial charge in [0.25, 0.3) is 0 Å². The average Bonchev–Trinajstić information content (AvgIpc) is 3.52. The molecule has 2 aliphatic heterocycles. The molecule has 2 aromatic carbocycles. The van der Waals surface area contributed by atoms with Gasteiger partial charge in [0.05, 0.1) is 23.3 Å². The predicted molar refractivity (Wildman–Crippen MR) is 150 cm³/mol. The molecule has 1 saturated heterocycles. The summed E-state index contributed by atoms with van der Waals surface area (Å²) in [5.74, 6) is 0.762. The molecule has 1 saturated carbocycles. The zero-order chi connectivity index (χ0) is 25.9. The normalized spacial score (nSPS) is 25.1. The Balaban J connectivity index is 1.52. The van der Waals surface area contributed by atoms with Crippen molar-refractivity contribution < 1.29 is 8.42 Å². The van der Waals surface area contributed by atoms with Gasteiger partial charge in [0.2, 0.25) is 0 Å². The Kier molecular flexibility index (Phi) is 6.22. The quantitative estimate of drug-likeness (QED) is 0.475. The summed E-state index contributed by atoms with van der Waals surface area (Å²) in [6, 6.07) is 17.3. The van der Waals surface area contributed by atoms with E-state index in [0.29, 0.717) is 5.92 Å². The van der Waals surface area contributed by atoms with Crippen LogP contribution >= 0.6 is 0 Å². The van der Waals surface area contributed by atoms with Gasteiger partial charge in [-0.05, 0) is 63.5 Å².